The SMILES string of the molecule is CCCCCCCCCCCC/C=C/CC/C=C/CC/C=C/C(O)C(COC1OC(CO)C(OC2OC(CO)C(O)C(O)C2O)C(O)C1O)NC(=O)CCCCCCCCCCCCCCCCCCCCCCCCCCCCC. The lowest BCUT2D eigenvalue weighted by Gasteiger charge is -2.46. The summed E-state index contributed by atoms with van der Waals surface area (Å²) in [7, 11) is 0. The molecule has 2 fully saturated rings. The predicted octanol–water partition coefficient (Wildman–Crippen LogP) is 13.0. The van der Waals surface area contributed by atoms with Gasteiger partial charge in [-0.1, -0.05) is 275 Å². The highest BCUT2D eigenvalue weighted by molar-refractivity contribution is 5.76. The van der Waals surface area contributed by atoms with E-state index in [4.69, 9.17) is 18.9 Å². The van der Waals surface area contributed by atoms with E-state index in [-0.39, 0.29) is 18.9 Å². The molecule has 12 atom stereocenters. The van der Waals surface area contributed by atoms with Crippen molar-refractivity contribution in [1.29, 1.82) is 0 Å². The Labute approximate surface area is 493 Å². The van der Waals surface area contributed by atoms with Gasteiger partial charge in [-0.3, -0.25) is 4.79 Å². The zero-order valence-corrected chi connectivity index (χ0v) is 51.5. The van der Waals surface area contributed by atoms with Crippen LogP contribution < -0.4 is 5.32 Å². The third kappa shape index (κ3) is 37.4. The number of carbonyl (C=O) groups excluding carboxylic acids is 1. The first-order chi connectivity index (χ1) is 39.6. The molecule has 14 heteroatoms. The fourth-order valence-electron chi connectivity index (χ4n) is 11.2. The molecule has 12 unspecified atom stereocenters. The van der Waals surface area contributed by atoms with Crippen molar-refractivity contribution < 1.29 is 64.6 Å². The number of ether oxygens (including phenoxy) is 4. The highest BCUT2D eigenvalue weighted by Gasteiger charge is 2.51. The lowest BCUT2D eigenvalue weighted by atomic mass is 9.97. The van der Waals surface area contributed by atoms with Gasteiger partial charge in [-0.2, -0.15) is 0 Å². The van der Waals surface area contributed by atoms with Gasteiger partial charge in [0.2, 0.25) is 5.91 Å². The van der Waals surface area contributed by atoms with Gasteiger partial charge < -0.3 is 65.1 Å². The monoisotopic (exact) mass is 1150 g/mol. The third-order valence-electron chi connectivity index (χ3n) is 16.6. The van der Waals surface area contributed by atoms with E-state index < -0.39 is 86.8 Å². The number of nitrogens with one attached hydrogen (secondary N) is 1. The topological polar surface area (TPSA) is 228 Å². The summed E-state index contributed by atoms with van der Waals surface area (Å²) in [6.07, 6.45) is 49.2. The summed E-state index contributed by atoms with van der Waals surface area (Å²) in [4.78, 5) is 13.3. The second kappa shape index (κ2) is 52.5. The van der Waals surface area contributed by atoms with Crippen LogP contribution in [-0.4, -0.2) is 140 Å². The molecule has 1 amide bonds. The maximum absolute atomic E-state index is 13.3. The molecule has 0 saturated carbocycles. The lowest BCUT2D eigenvalue weighted by Crippen LogP contribution is -2.65. The molecule has 0 spiro atoms. The van der Waals surface area contributed by atoms with Crippen LogP contribution in [0.5, 0.6) is 0 Å². The van der Waals surface area contributed by atoms with E-state index in [1.807, 2.05) is 6.08 Å². The quantitative estimate of drug-likeness (QED) is 0.0204. The number of aliphatic hydroxyl groups excluding tert-OH is 8. The van der Waals surface area contributed by atoms with E-state index in [2.05, 4.69) is 43.5 Å². The van der Waals surface area contributed by atoms with Crippen molar-refractivity contribution in [2.24, 2.45) is 0 Å². The van der Waals surface area contributed by atoms with Gasteiger partial charge in [-0.25, -0.2) is 0 Å². The molecule has 0 radical (unpaired) electrons. The van der Waals surface area contributed by atoms with Crippen LogP contribution in [-0.2, 0) is 23.7 Å². The van der Waals surface area contributed by atoms with E-state index in [0.717, 1.165) is 44.9 Å². The summed E-state index contributed by atoms with van der Waals surface area (Å²) in [5.41, 5.74) is 0. The average Bonchev–Trinajstić information content (AvgIpc) is 3.47. The van der Waals surface area contributed by atoms with Crippen molar-refractivity contribution in [3.05, 3.63) is 36.5 Å². The van der Waals surface area contributed by atoms with Crippen molar-refractivity contribution in [1.82, 2.24) is 5.32 Å². The van der Waals surface area contributed by atoms with Gasteiger partial charge in [0.05, 0.1) is 32.0 Å². The molecular weight excluding hydrogens is 1030 g/mol. The summed E-state index contributed by atoms with van der Waals surface area (Å²) in [6, 6.07) is -0.936. The Kier molecular flexibility index (Phi) is 48.8. The molecule has 14 nitrogen and oxygen atoms in total. The molecule has 2 aliphatic rings. The van der Waals surface area contributed by atoms with Gasteiger partial charge in [-0.05, 0) is 44.9 Å². The minimum absolute atomic E-state index is 0.248. The molecule has 0 aliphatic carbocycles. The van der Waals surface area contributed by atoms with Gasteiger partial charge in [0, 0.05) is 6.42 Å². The molecule has 9 N–H and O–H groups in total. The first kappa shape index (κ1) is 75.3. The van der Waals surface area contributed by atoms with Crippen LogP contribution in [0.25, 0.3) is 0 Å². The van der Waals surface area contributed by atoms with Gasteiger partial charge >= 0.3 is 0 Å². The van der Waals surface area contributed by atoms with Crippen LogP contribution in [0, 0.1) is 0 Å². The van der Waals surface area contributed by atoms with Crippen LogP contribution in [0.1, 0.15) is 290 Å². The number of hydrogen-bond acceptors (Lipinski definition) is 13. The lowest BCUT2D eigenvalue weighted by molar-refractivity contribution is -0.359. The first-order valence-electron chi connectivity index (χ1n) is 33.7. The van der Waals surface area contributed by atoms with Crippen molar-refractivity contribution in [3.8, 4) is 0 Å². The van der Waals surface area contributed by atoms with Gasteiger partial charge in [0.25, 0.3) is 0 Å². The van der Waals surface area contributed by atoms with Crippen LogP contribution in [0.15, 0.2) is 36.5 Å². The summed E-state index contributed by atoms with van der Waals surface area (Å²) in [5.74, 6) is -0.248. The molecule has 0 aromatic heterocycles. The van der Waals surface area contributed by atoms with Gasteiger partial charge in [0.1, 0.15) is 48.8 Å². The normalized spacial score (nSPS) is 24.3. The third-order valence-corrected chi connectivity index (χ3v) is 16.6. The summed E-state index contributed by atoms with van der Waals surface area (Å²) in [6.45, 7) is 2.81. The Morgan fingerprint density at radius 2 is 0.790 bits per heavy atom. The van der Waals surface area contributed by atoms with Crippen molar-refractivity contribution in [2.75, 3.05) is 19.8 Å². The average molecular weight is 1150 g/mol. The fourth-order valence-corrected chi connectivity index (χ4v) is 11.2. The second-order valence-electron chi connectivity index (χ2n) is 23.9. The Morgan fingerprint density at radius 3 is 1.21 bits per heavy atom. The van der Waals surface area contributed by atoms with Crippen molar-refractivity contribution in [2.45, 2.75) is 364 Å². The van der Waals surface area contributed by atoms with Crippen molar-refractivity contribution >= 4 is 5.91 Å². The maximum atomic E-state index is 13.3. The molecule has 2 saturated heterocycles. The number of rotatable bonds is 55. The van der Waals surface area contributed by atoms with E-state index in [1.165, 1.54) is 212 Å². The van der Waals surface area contributed by atoms with E-state index in [9.17, 15) is 45.6 Å². The van der Waals surface area contributed by atoms with Crippen LogP contribution in [0.3, 0.4) is 0 Å². The predicted molar refractivity (Wildman–Crippen MR) is 328 cm³/mol. The first-order valence-corrected chi connectivity index (χ1v) is 33.7. The maximum Gasteiger partial charge on any atom is 0.220 e. The van der Waals surface area contributed by atoms with Crippen molar-refractivity contribution in [3.63, 3.8) is 0 Å². The van der Waals surface area contributed by atoms with Gasteiger partial charge in [-0.15, -0.1) is 0 Å². The highest BCUT2D eigenvalue weighted by atomic mass is 16.7. The van der Waals surface area contributed by atoms with E-state index >= 15 is 0 Å². The van der Waals surface area contributed by atoms with E-state index in [1.54, 1.807) is 6.08 Å². The second-order valence-corrected chi connectivity index (χ2v) is 23.9. The number of unbranched alkanes of at least 4 members (excludes halogenated alkanes) is 38. The van der Waals surface area contributed by atoms with Gasteiger partial charge in [0.15, 0.2) is 12.6 Å². The molecule has 2 aliphatic heterocycles. The molecular formula is C67H125NO13. The Morgan fingerprint density at radius 1 is 0.432 bits per heavy atom. The minimum atomic E-state index is -1.79. The number of amides is 1. The standard InChI is InChI=1S/C67H125NO13/c1-3-5-7-9-11-13-15-17-19-21-23-25-26-27-28-29-30-31-33-35-37-39-41-43-45-47-49-51-59(72)68-55(56(71)50-48-46-44-42-40-38-36-34-32-24-22-20-18-16-14-12-10-8-6-4-2)54-78-66-64(77)62(75)65(58(53-70)80-66)81-67-63(76)61(74)60(73)57(52-69)79-67/h32,34,40,42,48,50,55-58,60-67,69-71,73-77H,3-31,33,35-39,41,43-47,49,51-54H2,1-2H3,(H,68,72)/b34-32+,42-40+,50-48+. The Hall–Kier alpha value is -1.79. The number of allylic oxidation sites excluding steroid dienone is 5. The molecule has 2 rings (SSSR count). The summed E-state index contributed by atoms with van der Waals surface area (Å²) in [5, 5.41) is 87.3. The molecule has 0 aromatic carbocycles. The highest BCUT2D eigenvalue weighted by Crippen LogP contribution is 2.30. The number of carbonyl (C=O) groups is 1. The van der Waals surface area contributed by atoms with E-state index in [0.29, 0.717) is 12.8 Å². The molecule has 0 bridgehead atoms. The smallest absolute Gasteiger partial charge is 0.220 e. The molecule has 0 aromatic rings. The number of hydrogen-bond donors (Lipinski definition) is 9. The Balaban J connectivity index is 1.71. The molecule has 476 valence electrons. The zero-order chi connectivity index (χ0) is 58.8. The summed E-state index contributed by atoms with van der Waals surface area (Å²) < 4.78 is 22.8. The Bertz CT molecular complexity index is 1500. The minimum Gasteiger partial charge on any atom is -0.394 e. The zero-order valence-electron chi connectivity index (χ0n) is 51.5. The largest absolute Gasteiger partial charge is 0.394 e. The molecule has 2 heterocycles. The fraction of sp³-hybridized carbons (Fsp3) is 0.896. The molecule has 81 heavy (non-hydrogen) atoms. The summed E-state index contributed by atoms with van der Waals surface area (Å²) >= 11 is 0. The van der Waals surface area contributed by atoms with Crippen LogP contribution >= 0.6 is 0 Å². The van der Waals surface area contributed by atoms with Crippen LogP contribution in [0.4, 0.5) is 0 Å². The van der Waals surface area contributed by atoms with Crippen LogP contribution in [0.2, 0.25) is 0 Å². The number of aliphatic hydroxyl groups is 8.